The van der Waals surface area contributed by atoms with E-state index in [-0.39, 0.29) is 11.7 Å². The quantitative estimate of drug-likeness (QED) is 0.627. The molecule has 0 amide bonds. The van der Waals surface area contributed by atoms with Crippen molar-refractivity contribution in [3.63, 3.8) is 0 Å². The number of carbonyl (C=O) groups is 1. The molecule has 2 rings (SSSR count). The SMILES string of the molecule is O=C1CCCC1CCn1cc(Br)cc([N+](=O)[O-])c1=O. The van der Waals surface area contributed by atoms with Gasteiger partial charge in [0.25, 0.3) is 0 Å². The summed E-state index contributed by atoms with van der Waals surface area (Å²) >= 11 is 3.15. The largest absolute Gasteiger partial charge is 0.335 e. The number of aromatic nitrogens is 1. The molecular weight excluding hydrogens is 316 g/mol. The molecule has 0 aromatic carbocycles. The summed E-state index contributed by atoms with van der Waals surface area (Å²) in [5.74, 6) is 0.225. The summed E-state index contributed by atoms with van der Waals surface area (Å²) in [6.07, 6.45) is 4.44. The molecule has 6 nitrogen and oxygen atoms in total. The van der Waals surface area contributed by atoms with E-state index in [0.717, 1.165) is 12.8 Å². The molecule has 1 fully saturated rings. The van der Waals surface area contributed by atoms with Crippen molar-refractivity contribution in [2.75, 3.05) is 0 Å². The van der Waals surface area contributed by atoms with Crippen LogP contribution in [0.5, 0.6) is 0 Å². The first-order chi connectivity index (χ1) is 8.99. The second-order valence-corrected chi connectivity index (χ2v) is 5.56. The van der Waals surface area contributed by atoms with E-state index >= 15 is 0 Å². The minimum Gasteiger partial charge on any atom is -0.308 e. The number of nitrogens with zero attached hydrogens (tertiary/aromatic N) is 2. The highest BCUT2D eigenvalue weighted by Crippen LogP contribution is 2.25. The van der Waals surface area contributed by atoms with Crippen LogP contribution in [-0.4, -0.2) is 15.3 Å². The van der Waals surface area contributed by atoms with E-state index in [1.165, 1.54) is 16.8 Å². The molecule has 1 aromatic heterocycles. The molecule has 0 saturated heterocycles. The molecule has 0 N–H and O–H groups in total. The zero-order valence-corrected chi connectivity index (χ0v) is 11.8. The Morgan fingerprint density at radius 3 is 2.79 bits per heavy atom. The lowest BCUT2D eigenvalue weighted by Crippen LogP contribution is -2.23. The topological polar surface area (TPSA) is 82.2 Å². The molecule has 1 saturated carbocycles. The average Bonchev–Trinajstić information content (AvgIpc) is 2.75. The zero-order chi connectivity index (χ0) is 14.0. The van der Waals surface area contributed by atoms with Crippen LogP contribution in [0.2, 0.25) is 0 Å². The molecule has 1 aliphatic rings. The Hall–Kier alpha value is -1.50. The summed E-state index contributed by atoms with van der Waals surface area (Å²) in [7, 11) is 0. The van der Waals surface area contributed by atoms with Crippen LogP contribution in [0.4, 0.5) is 5.69 Å². The van der Waals surface area contributed by atoms with Crippen molar-refractivity contribution in [3.8, 4) is 0 Å². The first-order valence-electron chi connectivity index (χ1n) is 6.06. The highest BCUT2D eigenvalue weighted by molar-refractivity contribution is 9.10. The van der Waals surface area contributed by atoms with Crippen molar-refractivity contribution in [2.24, 2.45) is 5.92 Å². The van der Waals surface area contributed by atoms with Crippen LogP contribution in [0.3, 0.4) is 0 Å². The number of halogens is 1. The molecular formula is C12H13BrN2O4. The monoisotopic (exact) mass is 328 g/mol. The van der Waals surface area contributed by atoms with Crippen LogP contribution < -0.4 is 5.56 Å². The van der Waals surface area contributed by atoms with E-state index < -0.39 is 16.2 Å². The maximum Gasteiger partial charge on any atom is 0.335 e. The van der Waals surface area contributed by atoms with Crippen molar-refractivity contribution in [1.29, 1.82) is 0 Å². The van der Waals surface area contributed by atoms with Gasteiger partial charge in [-0.15, -0.1) is 0 Å². The number of carbonyl (C=O) groups excluding carboxylic acids is 1. The Kier molecular flexibility index (Phi) is 4.14. The first kappa shape index (κ1) is 13.9. The Bertz CT molecular complexity index is 582. The summed E-state index contributed by atoms with van der Waals surface area (Å²) in [5.41, 5.74) is -1.08. The second kappa shape index (κ2) is 5.64. The normalized spacial score (nSPS) is 18.8. The smallest absolute Gasteiger partial charge is 0.308 e. The third-order valence-electron chi connectivity index (χ3n) is 3.38. The molecule has 1 aliphatic carbocycles. The third-order valence-corrected chi connectivity index (χ3v) is 3.81. The minimum atomic E-state index is -0.690. The van der Waals surface area contributed by atoms with Crippen LogP contribution in [-0.2, 0) is 11.3 Å². The van der Waals surface area contributed by atoms with Crippen molar-refractivity contribution < 1.29 is 9.72 Å². The summed E-state index contributed by atoms with van der Waals surface area (Å²) in [6.45, 7) is 0.329. The fraction of sp³-hybridized carbons (Fsp3) is 0.500. The average molecular weight is 329 g/mol. The molecule has 1 heterocycles. The lowest BCUT2D eigenvalue weighted by atomic mass is 10.0. The summed E-state index contributed by atoms with van der Waals surface area (Å²) in [6, 6.07) is 1.19. The molecule has 7 heteroatoms. The maximum absolute atomic E-state index is 11.9. The van der Waals surface area contributed by atoms with Gasteiger partial charge in [-0.05, 0) is 35.2 Å². The van der Waals surface area contributed by atoms with Crippen molar-refractivity contribution >= 4 is 27.4 Å². The molecule has 1 atom stereocenters. The predicted octanol–water partition coefficient (Wildman–Crippen LogP) is 2.28. The first-order valence-corrected chi connectivity index (χ1v) is 6.85. The Morgan fingerprint density at radius 1 is 1.47 bits per heavy atom. The van der Waals surface area contributed by atoms with Crippen LogP contribution in [0.25, 0.3) is 0 Å². The van der Waals surface area contributed by atoms with Gasteiger partial charge in [0.05, 0.1) is 4.92 Å². The van der Waals surface area contributed by atoms with Gasteiger partial charge in [-0.2, -0.15) is 0 Å². The Labute approximate surface area is 117 Å². The van der Waals surface area contributed by atoms with Gasteiger partial charge in [0.1, 0.15) is 5.78 Å². The molecule has 1 aromatic rings. The van der Waals surface area contributed by atoms with Gasteiger partial charge < -0.3 is 4.57 Å². The summed E-state index contributed by atoms with van der Waals surface area (Å²) < 4.78 is 1.78. The van der Waals surface area contributed by atoms with Crippen molar-refractivity contribution in [2.45, 2.75) is 32.2 Å². The van der Waals surface area contributed by atoms with E-state index in [4.69, 9.17) is 0 Å². The van der Waals surface area contributed by atoms with Gasteiger partial charge in [0.15, 0.2) is 0 Å². The van der Waals surface area contributed by atoms with Gasteiger partial charge in [0.2, 0.25) is 0 Å². The van der Waals surface area contributed by atoms with Crippen molar-refractivity contribution in [3.05, 3.63) is 37.2 Å². The van der Waals surface area contributed by atoms with E-state index in [1.54, 1.807) is 0 Å². The molecule has 102 valence electrons. The van der Waals surface area contributed by atoms with E-state index in [1.807, 2.05) is 0 Å². The van der Waals surface area contributed by atoms with Crippen LogP contribution >= 0.6 is 15.9 Å². The highest BCUT2D eigenvalue weighted by Gasteiger charge is 2.24. The van der Waals surface area contributed by atoms with E-state index in [9.17, 15) is 19.7 Å². The number of hydrogen-bond donors (Lipinski definition) is 0. The molecule has 19 heavy (non-hydrogen) atoms. The number of Topliss-reactive ketones (excluding diaryl/α,β-unsaturated/α-hetero) is 1. The predicted molar refractivity (Wildman–Crippen MR) is 72.0 cm³/mol. The minimum absolute atomic E-state index is 0.00932. The lowest BCUT2D eigenvalue weighted by molar-refractivity contribution is -0.386. The Balaban J connectivity index is 2.18. The number of rotatable bonds is 4. The van der Waals surface area contributed by atoms with Crippen LogP contribution in [0.15, 0.2) is 21.5 Å². The van der Waals surface area contributed by atoms with Crippen molar-refractivity contribution in [1.82, 2.24) is 4.57 Å². The number of aryl methyl sites for hydroxylation is 1. The molecule has 0 bridgehead atoms. The van der Waals surface area contributed by atoms with Gasteiger partial charge >= 0.3 is 11.2 Å². The highest BCUT2D eigenvalue weighted by atomic mass is 79.9. The molecule has 0 aliphatic heterocycles. The van der Waals surface area contributed by atoms with Gasteiger partial charge in [-0.1, -0.05) is 0 Å². The second-order valence-electron chi connectivity index (χ2n) is 4.64. The van der Waals surface area contributed by atoms with Gasteiger partial charge in [-0.25, -0.2) is 0 Å². The maximum atomic E-state index is 11.9. The number of ketones is 1. The zero-order valence-electron chi connectivity index (χ0n) is 10.2. The van der Waals surface area contributed by atoms with Gasteiger partial charge in [-0.3, -0.25) is 19.7 Å². The molecule has 0 spiro atoms. The molecule has 0 radical (unpaired) electrons. The number of nitro groups is 1. The third kappa shape index (κ3) is 3.09. The summed E-state index contributed by atoms with van der Waals surface area (Å²) in [5, 5.41) is 10.8. The van der Waals surface area contributed by atoms with Crippen LogP contribution in [0, 0.1) is 16.0 Å². The number of hydrogen-bond acceptors (Lipinski definition) is 4. The lowest BCUT2D eigenvalue weighted by Gasteiger charge is -2.10. The fourth-order valence-corrected chi connectivity index (χ4v) is 2.83. The fourth-order valence-electron chi connectivity index (χ4n) is 2.37. The van der Waals surface area contributed by atoms with Crippen LogP contribution in [0.1, 0.15) is 25.7 Å². The molecule has 1 unspecified atom stereocenters. The van der Waals surface area contributed by atoms with E-state index in [2.05, 4.69) is 15.9 Å². The Morgan fingerprint density at radius 2 is 2.21 bits per heavy atom. The van der Waals surface area contributed by atoms with Gasteiger partial charge in [0, 0.05) is 35.6 Å². The standard InChI is InChI=1S/C12H13BrN2O4/c13-9-6-10(15(18)19)12(17)14(7-9)5-4-8-2-1-3-11(8)16/h6-8H,1-5H2. The number of pyridine rings is 1. The summed E-state index contributed by atoms with van der Waals surface area (Å²) in [4.78, 5) is 33.4. The van der Waals surface area contributed by atoms with E-state index in [0.29, 0.717) is 23.9 Å².